The first kappa shape index (κ1) is 14.1. The molecule has 1 aromatic carbocycles. The van der Waals surface area contributed by atoms with Crippen molar-refractivity contribution >= 4 is 15.9 Å². The summed E-state index contributed by atoms with van der Waals surface area (Å²) in [5.74, 6) is 0. The zero-order valence-corrected chi connectivity index (χ0v) is 12.2. The van der Waals surface area contributed by atoms with Crippen molar-refractivity contribution in [3.05, 3.63) is 39.0 Å². The Balaban J connectivity index is 2.61. The van der Waals surface area contributed by atoms with Crippen molar-refractivity contribution in [2.75, 3.05) is 0 Å². The largest absolute Gasteiger partial charge is 0.433 e. The minimum Gasteiger partial charge on any atom is -0.272 e. The van der Waals surface area contributed by atoms with E-state index in [4.69, 9.17) is 0 Å². The van der Waals surface area contributed by atoms with Gasteiger partial charge in [0.05, 0.1) is 4.47 Å². The fourth-order valence-electron chi connectivity index (χ4n) is 1.91. The van der Waals surface area contributed by atoms with E-state index in [1.165, 1.54) is 0 Å². The second kappa shape index (κ2) is 4.67. The second-order valence-corrected chi connectivity index (χ2v) is 5.30. The molecule has 1 heterocycles. The molecule has 0 aliphatic carbocycles. The summed E-state index contributed by atoms with van der Waals surface area (Å²) in [6.07, 6.45) is -4.45. The van der Waals surface area contributed by atoms with Gasteiger partial charge >= 0.3 is 6.18 Å². The molecule has 2 aromatic rings. The van der Waals surface area contributed by atoms with Crippen LogP contribution in [0.15, 0.2) is 16.6 Å². The SMILES string of the molecule is Cc1cc(C)c(-c2n[nH]c(C(F)(F)F)c2Br)cc1C. The highest BCUT2D eigenvalue weighted by Crippen LogP contribution is 2.39. The first-order valence-corrected chi connectivity index (χ1v) is 6.40. The Hall–Kier alpha value is -1.30. The fraction of sp³-hybridized carbons (Fsp3) is 0.308. The van der Waals surface area contributed by atoms with Crippen LogP contribution >= 0.6 is 15.9 Å². The molecule has 2 nitrogen and oxygen atoms in total. The van der Waals surface area contributed by atoms with Crippen LogP contribution in [0.5, 0.6) is 0 Å². The normalized spacial score (nSPS) is 11.9. The van der Waals surface area contributed by atoms with Crippen molar-refractivity contribution in [1.29, 1.82) is 0 Å². The molecule has 0 saturated carbocycles. The number of hydrogen-bond acceptors (Lipinski definition) is 1. The molecular weight excluding hydrogens is 321 g/mol. The average molecular weight is 333 g/mol. The molecule has 0 amide bonds. The molecule has 1 aromatic heterocycles. The maximum absolute atomic E-state index is 12.7. The molecule has 1 N–H and O–H groups in total. The van der Waals surface area contributed by atoms with Gasteiger partial charge < -0.3 is 0 Å². The van der Waals surface area contributed by atoms with Crippen molar-refractivity contribution in [2.24, 2.45) is 0 Å². The smallest absolute Gasteiger partial charge is 0.272 e. The quantitative estimate of drug-likeness (QED) is 0.799. The van der Waals surface area contributed by atoms with Crippen LogP contribution in [0.2, 0.25) is 0 Å². The molecule has 0 spiro atoms. The molecule has 0 saturated heterocycles. The minimum atomic E-state index is -4.45. The zero-order chi connectivity index (χ0) is 14.4. The first-order valence-electron chi connectivity index (χ1n) is 5.61. The first-order chi connectivity index (χ1) is 8.71. The molecule has 6 heteroatoms. The number of nitrogens with zero attached hydrogens (tertiary/aromatic N) is 1. The number of halogens is 4. The van der Waals surface area contributed by atoms with Gasteiger partial charge in [0.25, 0.3) is 0 Å². The third kappa shape index (κ3) is 2.54. The van der Waals surface area contributed by atoms with Crippen molar-refractivity contribution in [1.82, 2.24) is 10.2 Å². The lowest BCUT2D eigenvalue weighted by Crippen LogP contribution is -2.06. The molecule has 0 radical (unpaired) electrons. The predicted molar refractivity (Wildman–Crippen MR) is 70.9 cm³/mol. The van der Waals surface area contributed by atoms with E-state index < -0.39 is 11.9 Å². The van der Waals surface area contributed by atoms with Crippen LogP contribution in [0.4, 0.5) is 13.2 Å². The van der Waals surface area contributed by atoms with E-state index in [1.54, 1.807) is 0 Å². The van der Waals surface area contributed by atoms with Crippen molar-refractivity contribution in [3.8, 4) is 11.3 Å². The standard InChI is InChI=1S/C13H12BrF3N2/c1-6-4-8(3)9(5-7(6)2)11-10(14)12(19-18-11)13(15,16)17/h4-5H,1-3H3,(H,18,19). The number of aromatic amines is 1. The third-order valence-corrected chi connectivity index (χ3v) is 3.86. The lowest BCUT2D eigenvalue weighted by Gasteiger charge is -2.08. The Morgan fingerprint density at radius 1 is 1.05 bits per heavy atom. The van der Waals surface area contributed by atoms with E-state index in [2.05, 4.69) is 26.1 Å². The Kier molecular flexibility index (Phi) is 3.47. The fourth-order valence-corrected chi connectivity index (χ4v) is 2.53. The van der Waals surface area contributed by atoms with Crippen LogP contribution in [0.25, 0.3) is 11.3 Å². The summed E-state index contributed by atoms with van der Waals surface area (Å²) in [6, 6.07) is 3.80. The van der Waals surface area contributed by atoms with E-state index in [1.807, 2.05) is 32.9 Å². The van der Waals surface area contributed by atoms with Gasteiger partial charge in [0.15, 0.2) is 5.69 Å². The summed E-state index contributed by atoms with van der Waals surface area (Å²) in [7, 11) is 0. The number of aryl methyl sites for hydroxylation is 3. The lowest BCUT2D eigenvalue weighted by atomic mass is 9.99. The zero-order valence-electron chi connectivity index (χ0n) is 10.6. The van der Waals surface area contributed by atoms with Gasteiger partial charge in [-0.25, -0.2) is 0 Å². The number of benzene rings is 1. The van der Waals surface area contributed by atoms with Gasteiger partial charge in [-0.1, -0.05) is 6.07 Å². The number of alkyl halides is 3. The maximum atomic E-state index is 12.7. The number of H-pyrrole nitrogens is 1. The Labute approximate surface area is 117 Å². The molecule has 102 valence electrons. The topological polar surface area (TPSA) is 28.7 Å². The Morgan fingerprint density at radius 3 is 2.16 bits per heavy atom. The van der Waals surface area contributed by atoms with E-state index in [0.717, 1.165) is 16.7 Å². The molecule has 19 heavy (non-hydrogen) atoms. The van der Waals surface area contributed by atoms with Crippen LogP contribution in [0.3, 0.4) is 0 Å². The predicted octanol–water partition coefficient (Wildman–Crippen LogP) is 4.78. The van der Waals surface area contributed by atoms with Gasteiger partial charge in [0.1, 0.15) is 5.69 Å². The van der Waals surface area contributed by atoms with Crippen LogP contribution < -0.4 is 0 Å². The molecule has 0 aliphatic rings. The molecule has 0 atom stereocenters. The summed E-state index contributed by atoms with van der Waals surface area (Å²) in [4.78, 5) is 0. The minimum absolute atomic E-state index is 0.0497. The highest BCUT2D eigenvalue weighted by Gasteiger charge is 2.37. The van der Waals surface area contributed by atoms with Gasteiger partial charge in [-0.15, -0.1) is 0 Å². The van der Waals surface area contributed by atoms with Crippen molar-refractivity contribution < 1.29 is 13.2 Å². The molecule has 0 bridgehead atoms. The molecule has 0 unspecified atom stereocenters. The summed E-state index contributed by atoms with van der Waals surface area (Å²) in [6.45, 7) is 5.74. The monoisotopic (exact) mass is 332 g/mol. The van der Waals surface area contributed by atoms with Crippen LogP contribution in [0, 0.1) is 20.8 Å². The summed E-state index contributed by atoms with van der Waals surface area (Å²) >= 11 is 2.99. The van der Waals surface area contributed by atoms with Crippen LogP contribution in [-0.2, 0) is 6.18 Å². The van der Waals surface area contributed by atoms with Crippen molar-refractivity contribution in [2.45, 2.75) is 26.9 Å². The van der Waals surface area contributed by atoms with Crippen LogP contribution in [-0.4, -0.2) is 10.2 Å². The van der Waals surface area contributed by atoms with Gasteiger partial charge in [0, 0.05) is 5.56 Å². The lowest BCUT2D eigenvalue weighted by molar-refractivity contribution is -0.141. The highest BCUT2D eigenvalue weighted by atomic mass is 79.9. The van der Waals surface area contributed by atoms with Gasteiger partial charge in [0.2, 0.25) is 0 Å². The van der Waals surface area contributed by atoms with Gasteiger partial charge in [-0.05, 0) is 59.5 Å². The molecule has 0 fully saturated rings. The molecular formula is C13H12BrF3N2. The number of rotatable bonds is 1. The Morgan fingerprint density at radius 2 is 1.63 bits per heavy atom. The summed E-state index contributed by atoms with van der Waals surface area (Å²) < 4.78 is 38.1. The summed E-state index contributed by atoms with van der Waals surface area (Å²) in [5.41, 5.74) is 3.13. The van der Waals surface area contributed by atoms with E-state index in [0.29, 0.717) is 5.56 Å². The van der Waals surface area contributed by atoms with Crippen molar-refractivity contribution in [3.63, 3.8) is 0 Å². The van der Waals surface area contributed by atoms with Crippen LogP contribution in [0.1, 0.15) is 22.4 Å². The average Bonchev–Trinajstić information content (AvgIpc) is 2.65. The molecule has 0 aliphatic heterocycles. The number of nitrogens with one attached hydrogen (secondary N) is 1. The van der Waals surface area contributed by atoms with E-state index >= 15 is 0 Å². The highest BCUT2D eigenvalue weighted by molar-refractivity contribution is 9.10. The van der Waals surface area contributed by atoms with Gasteiger partial charge in [-0.2, -0.15) is 18.3 Å². The summed E-state index contributed by atoms with van der Waals surface area (Å²) in [5, 5.41) is 5.84. The van der Waals surface area contributed by atoms with Gasteiger partial charge in [-0.3, -0.25) is 5.10 Å². The Bertz CT molecular complexity index is 630. The van der Waals surface area contributed by atoms with E-state index in [-0.39, 0.29) is 10.2 Å². The number of hydrogen-bond donors (Lipinski definition) is 1. The molecule has 2 rings (SSSR count). The van der Waals surface area contributed by atoms with E-state index in [9.17, 15) is 13.2 Å². The number of aromatic nitrogens is 2. The second-order valence-electron chi connectivity index (χ2n) is 4.51. The third-order valence-electron chi connectivity index (χ3n) is 3.09. The maximum Gasteiger partial charge on any atom is 0.433 e.